The molecule has 0 saturated carbocycles. The number of hydrogen-bond donors (Lipinski definition) is 1. The summed E-state index contributed by atoms with van der Waals surface area (Å²) in [6.07, 6.45) is 0. The minimum absolute atomic E-state index is 0.393. The Morgan fingerprint density at radius 1 is 1.33 bits per heavy atom. The number of imidazole rings is 1. The molecule has 1 aromatic heterocycles. The van der Waals surface area contributed by atoms with E-state index in [9.17, 15) is 0 Å². The van der Waals surface area contributed by atoms with Crippen molar-refractivity contribution in [1.82, 2.24) is 9.97 Å². The predicted molar refractivity (Wildman–Crippen MR) is 51.8 cm³/mol. The van der Waals surface area contributed by atoms with Crippen LogP contribution in [0.15, 0.2) is 0 Å². The highest BCUT2D eigenvalue weighted by Gasteiger charge is 2.10. The van der Waals surface area contributed by atoms with Gasteiger partial charge in [-0.15, -0.1) is 23.2 Å². The van der Waals surface area contributed by atoms with Crippen LogP contribution in [0.4, 0.5) is 0 Å². The summed E-state index contributed by atoms with van der Waals surface area (Å²) in [6.45, 7) is 4.16. The van der Waals surface area contributed by atoms with Crippen molar-refractivity contribution in [3.63, 3.8) is 0 Å². The highest BCUT2D eigenvalue weighted by molar-refractivity contribution is 6.18. The van der Waals surface area contributed by atoms with Crippen LogP contribution in [0.3, 0.4) is 0 Å². The summed E-state index contributed by atoms with van der Waals surface area (Å²) in [5.74, 6) is 2.22. The molecule has 0 bridgehead atoms. The third kappa shape index (κ3) is 1.93. The zero-order chi connectivity index (χ0) is 9.14. The lowest BCUT2D eigenvalue weighted by molar-refractivity contribution is 0.789. The molecule has 0 aliphatic carbocycles. The van der Waals surface area contributed by atoms with Crippen LogP contribution in [0.2, 0.25) is 0 Å². The first-order valence-corrected chi connectivity index (χ1v) is 4.95. The first kappa shape index (κ1) is 9.87. The van der Waals surface area contributed by atoms with Gasteiger partial charge in [0.15, 0.2) is 0 Å². The van der Waals surface area contributed by atoms with Crippen LogP contribution >= 0.6 is 23.2 Å². The van der Waals surface area contributed by atoms with E-state index in [0.717, 1.165) is 17.2 Å². The van der Waals surface area contributed by atoms with Gasteiger partial charge in [-0.05, 0) is 0 Å². The molecule has 0 unspecified atom stereocenters. The topological polar surface area (TPSA) is 28.7 Å². The Labute approximate surface area is 82.3 Å². The maximum atomic E-state index is 5.70. The van der Waals surface area contributed by atoms with Crippen molar-refractivity contribution < 1.29 is 0 Å². The molecule has 0 amide bonds. The summed E-state index contributed by atoms with van der Waals surface area (Å²) >= 11 is 11.4. The lowest BCUT2D eigenvalue weighted by Gasteiger charge is -1.96. The van der Waals surface area contributed by atoms with E-state index >= 15 is 0 Å². The summed E-state index contributed by atoms with van der Waals surface area (Å²) in [5, 5.41) is 0. The fraction of sp³-hybridized carbons (Fsp3) is 0.625. The van der Waals surface area contributed by atoms with E-state index in [1.165, 1.54) is 0 Å². The molecule has 0 saturated heterocycles. The minimum atomic E-state index is 0.393. The number of rotatable bonds is 3. The van der Waals surface area contributed by atoms with Crippen molar-refractivity contribution in [1.29, 1.82) is 0 Å². The number of halogens is 2. The van der Waals surface area contributed by atoms with Crippen LogP contribution in [-0.2, 0) is 11.8 Å². The molecule has 2 nitrogen and oxygen atoms in total. The van der Waals surface area contributed by atoms with Crippen molar-refractivity contribution in [2.24, 2.45) is 0 Å². The number of hydrogen-bond acceptors (Lipinski definition) is 1. The Morgan fingerprint density at radius 2 is 2.00 bits per heavy atom. The van der Waals surface area contributed by atoms with Gasteiger partial charge < -0.3 is 4.98 Å². The lowest BCUT2D eigenvalue weighted by atomic mass is 10.2. The summed E-state index contributed by atoms with van der Waals surface area (Å²) in [6, 6.07) is 0. The highest BCUT2D eigenvalue weighted by Crippen LogP contribution is 2.16. The molecule has 1 aromatic rings. The summed E-state index contributed by atoms with van der Waals surface area (Å²) in [4.78, 5) is 7.48. The first-order valence-electron chi connectivity index (χ1n) is 3.88. The monoisotopic (exact) mass is 206 g/mol. The number of H-pyrrole nitrogens is 1. The van der Waals surface area contributed by atoms with Gasteiger partial charge in [-0.3, -0.25) is 0 Å². The van der Waals surface area contributed by atoms with Gasteiger partial charge in [0, 0.05) is 5.92 Å². The van der Waals surface area contributed by atoms with E-state index < -0.39 is 0 Å². The SMILES string of the molecule is CC(C)c1nc(CCl)c(CCl)[nH]1. The second kappa shape index (κ2) is 4.15. The van der Waals surface area contributed by atoms with Crippen LogP contribution in [-0.4, -0.2) is 9.97 Å². The summed E-state index contributed by atoms with van der Waals surface area (Å²) in [5.41, 5.74) is 1.81. The fourth-order valence-corrected chi connectivity index (χ4v) is 1.40. The van der Waals surface area contributed by atoms with Gasteiger partial charge >= 0.3 is 0 Å². The van der Waals surface area contributed by atoms with Crippen LogP contribution in [0.5, 0.6) is 0 Å². The number of nitrogens with zero attached hydrogens (tertiary/aromatic N) is 1. The number of aromatic amines is 1. The maximum absolute atomic E-state index is 5.70. The van der Waals surface area contributed by atoms with Gasteiger partial charge in [-0.25, -0.2) is 4.98 Å². The van der Waals surface area contributed by atoms with Crippen LogP contribution in [0, 0.1) is 0 Å². The zero-order valence-corrected chi connectivity index (χ0v) is 8.71. The van der Waals surface area contributed by atoms with Gasteiger partial charge in [-0.1, -0.05) is 13.8 Å². The van der Waals surface area contributed by atoms with Gasteiger partial charge in [0.05, 0.1) is 23.1 Å². The van der Waals surface area contributed by atoms with Crippen molar-refractivity contribution in [3.8, 4) is 0 Å². The van der Waals surface area contributed by atoms with Crippen molar-refractivity contribution in [3.05, 3.63) is 17.2 Å². The molecule has 0 radical (unpaired) electrons. The summed E-state index contributed by atoms with van der Waals surface area (Å²) < 4.78 is 0. The number of aromatic nitrogens is 2. The predicted octanol–water partition coefficient (Wildman–Crippen LogP) is 3.01. The smallest absolute Gasteiger partial charge is 0.109 e. The molecule has 0 spiro atoms. The molecule has 0 aliphatic heterocycles. The molecule has 4 heteroatoms. The molecule has 0 aliphatic rings. The zero-order valence-electron chi connectivity index (χ0n) is 7.19. The Bertz CT molecular complexity index is 234. The van der Waals surface area contributed by atoms with Crippen molar-refractivity contribution in [2.75, 3.05) is 0 Å². The molecule has 1 heterocycles. The molecule has 68 valence electrons. The molecule has 1 N–H and O–H groups in total. The van der Waals surface area contributed by atoms with E-state index in [1.807, 2.05) is 0 Å². The van der Waals surface area contributed by atoms with Crippen molar-refractivity contribution in [2.45, 2.75) is 31.5 Å². The Kier molecular flexibility index (Phi) is 3.41. The second-order valence-corrected chi connectivity index (χ2v) is 3.50. The standard InChI is InChI=1S/C8H12Cl2N2/c1-5(2)8-11-6(3-9)7(4-10)12-8/h5H,3-4H2,1-2H3,(H,11,12). The van der Waals surface area contributed by atoms with Gasteiger partial charge in [0.25, 0.3) is 0 Å². The van der Waals surface area contributed by atoms with Crippen molar-refractivity contribution >= 4 is 23.2 Å². The molecule has 12 heavy (non-hydrogen) atoms. The average Bonchev–Trinajstić information content (AvgIpc) is 2.46. The van der Waals surface area contributed by atoms with E-state index in [1.54, 1.807) is 0 Å². The van der Waals surface area contributed by atoms with E-state index in [4.69, 9.17) is 23.2 Å². The fourth-order valence-electron chi connectivity index (χ4n) is 0.962. The Hall–Kier alpha value is -0.210. The summed E-state index contributed by atoms with van der Waals surface area (Å²) in [7, 11) is 0. The molecule has 1 rings (SSSR count). The number of alkyl halides is 2. The van der Waals surface area contributed by atoms with Crippen LogP contribution < -0.4 is 0 Å². The first-order chi connectivity index (χ1) is 5.69. The molecule has 0 fully saturated rings. The average molecular weight is 207 g/mol. The molecular formula is C8H12Cl2N2. The maximum Gasteiger partial charge on any atom is 0.109 e. The number of nitrogens with one attached hydrogen (secondary N) is 1. The molecule has 0 atom stereocenters. The minimum Gasteiger partial charge on any atom is -0.344 e. The third-order valence-corrected chi connectivity index (χ3v) is 2.21. The van der Waals surface area contributed by atoms with E-state index in [2.05, 4.69) is 23.8 Å². The molecule has 0 aromatic carbocycles. The van der Waals surface area contributed by atoms with Gasteiger partial charge in [-0.2, -0.15) is 0 Å². The quantitative estimate of drug-likeness (QED) is 0.758. The largest absolute Gasteiger partial charge is 0.344 e. The Morgan fingerprint density at radius 3 is 2.33 bits per heavy atom. The second-order valence-electron chi connectivity index (χ2n) is 2.97. The third-order valence-electron chi connectivity index (χ3n) is 1.69. The van der Waals surface area contributed by atoms with Crippen LogP contribution in [0.1, 0.15) is 37.0 Å². The van der Waals surface area contributed by atoms with E-state index in [-0.39, 0.29) is 0 Å². The normalized spacial score (nSPS) is 11.1. The van der Waals surface area contributed by atoms with Gasteiger partial charge in [0.2, 0.25) is 0 Å². The highest BCUT2D eigenvalue weighted by atomic mass is 35.5. The van der Waals surface area contributed by atoms with Crippen LogP contribution in [0.25, 0.3) is 0 Å². The lowest BCUT2D eigenvalue weighted by Crippen LogP contribution is -1.89. The van der Waals surface area contributed by atoms with E-state index in [0.29, 0.717) is 17.7 Å². The Balaban J connectivity index is 2.97. The molecular weight excluding hydrogens is 195 g/mol. The van der Waals surface area contributed by atoms with Gasteiger partial charge in [0.1, 0.15) is 5.82 Å².